The summed E-state index contributed by atoms with van der Waals surface area (Å²) in [6, 6.07) is 11.0. The van der Waals surface area contributed by atoms with Crippen molar-refractivity contribution >= 4 is 31.5 Å². The molecule has 0 aliphatic carbocycles. The summed E-state index contributed by atoms with van der Waals surface area (Å²) < 4.78 is 2.85. The van der Waals surface area contributed by atoms with Crippen LogP contribution >= 0.6 is 11.3 Å². The van der Waals surface area contributed by atoms with E-state index in [1.807, 2.05) is 11.3 Å². The molecule has 0 amide bonds. The predicted octanol–water partition coefficient (Wildman–Crippen LogP) is 4.98. The van der Waals surface area contributed by atoms with E-state index in [1.165, 1.54) is 36.9 Å². The van der Waals surface area contributed by atoms with Crippen LogP contribution in [0, 0.1) is 20.8 Å². The lowest BCUT2D eigenvalue weighted by molar-refractivity contribution is 1.36. The van der Waals surface area contributed by atoms with Gasteiger partial charge in [-0.15, -0.1) is 11.3 Å². The Hall–Kier alpha value is -1.34. The first-order valence-electron chi connectivity index (χ1n) is 5.56. The maximum atomic E-state index is 2.30. The minimum absolute atomic E-state index is 1.40. The van der Waals surface area contributed by atoms with Gasteiger partial charge in [0, 0.05) is 20.2 Å². The summed E-state index contributed by atoms with van der Waals surface area (Å²) in [4.78, 5) is 0. The number of fused-ring (bicyclic) bond motifs is 3. The van der Waals surface area contributed by atoms with E-state index < -0.39 is 0 Å². The Balaban J connectivity index is 2.66. The molecular formula is C15H14S. The first-order valence-corrected chi connectivity index (χ1v) is 6.38. The van der Waals surface area contributed by atoms with Crippen molar-refractivity contribution in [1.82, 2.24) is 0 Å². The molecule has 0 unspecified atom stereocenters. The Kier molecular flexibility index (Phi) is 2.05. The second kappa shape index (κ2) is 3.33. The summed E-state index contributed by atoms with van der Waals surface area (Å²) in [5, 5.41) is 2.87. The third-order valence-electron chi connectivity index (χ3n) is 3.35. The molecule has 0 aliphatic heterocycles. The van der Waals surface area contributed by atoms with Crippen LogP contribution in [0.5, 0.6) is 0 Å². The zero-order chi connectivity index (χ0) is 11.3. The Labute approximate surface area is 99.5 Å². The molecule has 3 rings (SSSR count). The fourth-order valence-electron chi connectivity index (χ4n) is 2.39. The Morgan fingerprint density at radius 3 is 2.50 bits per heavy atom. The molecule has 1 aromatic heterocycles. The average molecular weight is 226 g/mol. The van der Waals surface area contributed by atoms with Crippen LogP contribution in [0.25, 0.3) is 20.2 Å². The van der Waals surface area contributed by atoms with Crippen LogP contribution in [0.3, 0.4) is 0 Å². The number of thiophene rings is 1. The normalized spacial score (nSPS) is 11.4. The van der Waals surface area contributed by atoms with E-state index in [0.717, 1.165) is 0 Å². The van der Waals surface area contributed by atoms with E-state index in [1.54, 1.807) is 0 Å². The van der Waals surface area contributed by atoms with Crippen LogP contribution in [-0.2, 0) is 0 Å². The number of rotatable bonds is 0. The first kappa shape index (κ1) is 9.86. The predicted molar refractivity (Wildman–Crippen MR) is 73.5 cm³/mol. The highest BCUT2D eigenvalue weighted by Crippen LogP contribution is 2.38. The van der Waals surface area contributed by atoms with Gasteiger partial charge in [0.25, 0.3) is 0 Å². The van der Waals surface area contributed by atoms with Crippen molar-refractivity contribution in [2.75, 3.05) is 0 Å². The average Bonchev–Trinajstić information content (AvgIpc) is 2.66. The summed E-state index contributed by atoms with van der Waals surface area (Å²) in [6.45, 7) is 6.65. The molecule has 0 nitrogen and oxygen atoms in total. The maximum Gasteiger partial charge on any atom is 0.0387 e. The smallest absolute Gasteiger partial charge is 0.0387 e. The van der Waals surface area contributed by atoms with Gasteiger partial charge in [-0.25, -0.2) is 0 Å². The maximum absolute atomic E-state index is 2.30. The fourth-order valence-corrected chi connectivity index (χ4v) is 3.62. The van der Waals surface area contributed by atoms with Crippen molar-refractivity contribution < 1.29 is 0 Å². The second-order valence-electron chi connectivity index (χ2n) is 4.44. The Morgan fingerprint density at radius 2 is 1.69 bits per heavy atom. The van der Waals surface area contributed by atoms with Crippen molar-refractivity contribution in [3.63, 3.8) is 0 Å². The largest absolute Gasteiger partial charge is 0.135 e. The molecule has 16 heavy (non-hydrogen) atoms. The van der Waals surface area contributed by atoms with E-state index in [-0.39, 0.29) is 0 Å². The standard InChI is InChI=1S/C15H14S/c1-9-8-10(2)15-14(11(9)3)12-6-4-5-7-13(12)16-15/h4-8H,1-3H3. The second-order valence-corrected chi connectivity index (χ2v) is 5.49. The molecule has 0 N–H and O–H groups in total. The number of hydrogen-bond donors (Lipinski definition) is 0. The van der Waals surface area contributed by atoms with Crippen molar-refractivity contribution in [2.45, 2.75) is 20.8 Å². The molecule has 0 saturated heterocycles. The van der Waals surface area contributed by atoms with Crippen molar-refractivity contribution in [2.24, 2.45) is 0 Å². The third-order valence-corrected chi connectivity index (χ3v) is 4.66. The van der Waals surface area contributed by atoms with Crippen molar-refractivity contribution in [3.8, 4) is 0 Å². The van der Waals surface area contributed by atoms with Gasteiger partial charge in [0.2, 0.25) is 0 Å². The summed E-state index contributed by atoms with van der Waals surface area (Å²) in [5.41, 5.74) is 4.23. The molecule has 0 atom stereocenters. The van der Waals surface area contributed by atoms with Crippen LogP contribution in [-0.4, -0.2) is 0 Å². The molecule has 0 aliphatic rings. The van der Waals surface area contributed by atoms with Crippen LogP contribution in [0.15, 0.2) is 30.3 Å². The highest BCUT2D eigenvalue weighted by molar-refractivity contribution is 7.26. The number of hydrogen-bond acceptors (Lipinski definition) is 1. The van der Waals surface area contributed by atoms with Gasteiger partial charge in [-0.1, -0.05) is 24.3 Å². The lowest BCUT2D eigenvalue weighted by Gasteiger charge is -2.05. The van der Waals surface area contributed by atoms with Gasteiger partial charge >= 0.3 is 0 Å². The summed E-state index contributed by atoms with van der Waals surface area (Å²) in [5.74, 6) is 0. The minimum atomic E-state index is 1.40. The SMILES string of the molecule is Cc1cc(C)c2sc3ccccc3c2c1C. The molecule has 3 aromatic rings. The highest BCUT2D eigenvalue weighted by atomic mass is 32.1. The highest BCUT2D eigenvalue weighted by Gasteiger charge is 2.10. The van der Waals surface area contributed by atoms with E-state index in [2.05, 4.69) is 51.1 Å². The first-order chi connectivity index (χ1) is 7.68. The number of benzene rings is 2. The van der Waals surface area contributed by atoms with Crippen LogP contribution in [0.4, 0.5) is 0 Å². The monoisotopic (exact) mass is 226 g/mol. The molecule has 0 spiro atoms. The fraction of sp³-hybridized carbons (Fsp3) is 0.200. The van der Waals surface area contributed by atoms with Gasteiger partial charge in [-0.2, -0.15) is 0 Å². The van der Waals surface area contributed by atoms with Gasteiger partial charge < -0.3 is 0 Å². The van der Waals surface area contributed by atoms with Gasteiger partial charge in [-0.3, -0.25) is 0 Å². The molecule has 0 radical (unpaired) electrons. The summed E-state index contributed by atoms with van der Waals surface area (Å²) >= 11 is 1.91. The van der Waals surface area contributed by atoms with E-state index in [9.17, 15) is 0 Å². The van der Waals surface area contributed by atoms with Gasteiger partial charge in [0.05, 0.1) is 0 Å². The van der Waals surface area contributed by atoms with Gasteiger partial charge in [0.15, 0.2) is 0 Å². The van der Waals surface area contributed by atoms with Crippen molar-refractivity contribution in [1.29, 1.82) is 0 Å². The molecule has 80 valence electrons. The topological polar surface area (TPSA) is 0 Å². The minimum Gasteiger partial charge on any atom is -0.135 e. The number of aryl methyl sites for hydroxylation is 3. The zero-order valence-corrected chi connectivity index (χ0v) is 10.6. The van der Waals surface area contributed by atoms with E-state index >= 15 is 0 Å². The quantitative estimate of drug-likeness (QED) is 0.507. The molecule has 2 aromatic carbocycles. The molecule has 0 bridgehead atoms. The van der Waals surface area contributed by atoms with E-state index in [4.69, 9.17) is 0 Å². The Bertz CT molecular complexity index is 689. The van der Waals surface area contributed by atoms with Crippen LogP contribution in [0.1, 0.15) is 16.7 Å². The Morgan fingerprint density at radius 1 is 0.938 bits per heavy atom. The van der Waals surface area contributed by atoms with Crippen molar-refractivity contribution in [3.05, 3.63) is 47.0 Å². The summed E-state index contributed by atoms with van der Waals surface area (Å²) in [7, 11) is 0. The van der Waals surface area contributed by atoms with E-state index in [0.29, 0.717) is 0 Å². The molecular weight excluding hydrogens is 212 g/mol. The molecule has 0 fully saturated rings. The lowest BCUT2D eigenvalue weighted by Crippen LogP contribution is -1.84. The molecule has 0 saturated carbocycles. The van der Waals surface area contributed by atoms with Crippen LogP contribution < -0.4 is 0 Å². The molecule has 1 heterocycles. The summed E-state index contributed by atoms with van der Waals surface area (Å²) in [6.07, 6.45) is 0. The van der Waals surface area contributed by atoms with Gasteiger partial charge in [0.1, 0.15) is 0 Å². The third kappa shape index (κ3) is 1.21. The molecule has 1 heteroatoms. The zero-order valence-electron chi connectivity index (χ0n) is 9.79. The van der Waals surface area contributed by atoms with Crippen LogP contribution in [0.2, 0.25) is 0 Å². The lowest BCUT2D eigenvalue weighted by atomic mass is 10.00. The van der Waals surface area contributed by atoms with Gasteiger partial charge in [-0.05, 0) is 43.5 Å².